The molecule has 0 bridgehead atoms. The van der Waals surface area contributed by atoms with Crippen LogP contribution < -0.4 is 0 Å². The van der Waals surface area contributed by atoms with Gasteiger partial charge in [-0.3, -0.25) is 0 Å². The lowest BCUT2D eigenvalue weighted by Gasteiger charge is -2.29. The molecule has 0 N–H and O–H groups in total. The minimum Gasteiger partial charge on any atom is -0.492 e. The number of hydrogen-bond donors (Lipinski definition) is 0. The van der Waals surface area contributed by atoms with Crippen molar-refractivity contribution in [2.45, 2.75) is 53.2 Å². The standard InChI is InChI=1S/C13H21NO3/c1-7-13(5,6)9(3)16-8(2)11-12(15)17-10(4)14-11/h8,11H,3,7H2,1-2,4-6H3. The Morgan fingerprint density at radius 1 is 1.65 bits per heavy atom. The Hall–Kier alpha value is -1.32. The zero-order valence-corrected chi connectivity index (χ0v) is 11.2. The minimum atomic E-state index is -0.570. The number of ether oxygens (including phenoxy) is 2. The van der Waals surface area contributed by atoms with Crippen LogP contribution in [0.5, 0.6) is 0 Å². The zero-order valence-electron chi connectivity index (χ0n) is 11.2. The number of carbonyl (C=O) groups is 1. The predicted molar refractivity (Wildman–Crippen MR) is 66.7 cm³/mol. The second-order valence-electron chi connectivity index (χ2n) is 5.00. The zero-order chi connectivity index (χ0) is 13.2. The Bertz CT molecular complexity index is 358. The van der Waals surface area contributed by atoms with E-state index in [0.29, 0.717) is 11.7 Å². The monoisotopic (exact) mass is 239 g/mol. The van der Waals surface area contributed by atoms with Gasteiger partial charge in [-0.2, -0.15) is 0 Å². The number of nitrogens with zero attached hydrogens (tertiary/aromatic N) is 1. The molecule has 0 saturated heterocycles. The van der Waals surface area contributed by atoms with Crippen LogP contribution in [0.3, 0.4) is 0 Å². The molecule has 0 spiro atoms. The molecule has 2 unspecified atom stereocenters. The summed E-state index contributed by atoms with van der Waals surface area (Å²) < 4.78 is 10.6. The molecule has 0 amide bonds. The van der Waals surface area contributed by atoms with Crippen LogP contribution in [0, 0.1) is 5.41 Å². The first-order valence-electron chi connectivity index (χ1n) is 5.90. The van der Waals surface area contributed by atoms with Crippen molar-refractivity contribution in [1.82, 2.24) is 0 Å². The molecule has 2 atom stereocenters. The average Bonchev–Trinajstić information content (AvgIpc) is 2.57. The van der Waals surface area contributed by atoms with E-state index >= 15 is 0 Å². The molecule has 1 aliphatic heterocycles. The van der Waals surface area contributed by atoms with Gasteiger partial charge in [-0.25, -0.2) is 9.79 Å². The predicted octanol–water partition coefficient (Wildman–Crippen LogP) is 2.69. The number of allylic oxidation sites excluding steroid dienone is 1. The second kappa shape index (κ2) is 4.90. The topological polar surface area (TPSA) is 47.9 Å². The van der Waals surface area contributed by atoms with Gasteiger partial charge in [0.2, 0.25) is 0 Å². The third-order valence-electron chi connectivity index (χ3n) is 3.22. The maximum absolute atomic E-state index is 11.5. The number of hydrogen-bond acceptors (Lipinski definition) is 4. The summed E-state index contributed by atoms with van der Waals surface area (Å²) in [6.45, 7) is 13.6. The van der Waals surface area contributed by atoms with Gasteiger partial charge in [0.1, 0.15) is 6.10 Å². The van der Waals surface area contributed by atoms with Crippen molar-refractivity contribution in [1.29, 1.82) is 0 Å². The highest BCUT2D eigenvalue weighted by Gasteiger charge is 2.35. The van der Waals surface area contributed by atoms with Crippen LogP contribution in [0.1, 0.15) is 41.0 Å². The number of carbonyl (C=O) groups excluding carboxylic acids is 1. The second-order valence-corrected chi connectivity index (χ2v) is 5.00. The van der Waals surface area contributed by atoms with Crippen molar-refractivity contribution in [3.63, 3.8) is 0 Å². The van der Waals surface area contributed by atoms with E-state index in [-0.39, 0.29) is 17.5 Å². The molecule has 1 aliphatic rings. The number of aliphatic imine (C=N–C) groups is 1. The van der Waals surface area contributed by atoms with Crippen molar-refractivity contribution in [2.75, 3.05) is 0 Å². The quantitative estimate of drug-likeness (QED) is 0.547. The van der Waals surface area contributed by atoms with Crippen molar-refractivity contribution in [3.05, 3.63) is 12.3 Å². The first-order valence-corrected chi connectivity index (χ1v) is 5.90. The number of cyclic esters (lactones) is 1. The van der Waals surface area contributed by atoms with E-state index in [1.54, 1.807) is 6.92 Å². The van der Waals surface area contributed by atoms with Crippen LogP contribution in [0.2, 0.25) is 0 Å². The third kappa shape index (κ3) is 3.08. The molecule has 0 aromatic heterocycles. The van der Waals surface area contributed by atoms with E-state index in [4.69, 9.17) is 9.47 Å². The van der Waals surface area contributed by atoms with Gasteiger partial charge < -0.3 is 9.47 Å². The molecule has 96 valence electrons. The number of rotatable bonds is 5. The van der Waals surface area contributed by atoms with E-state index in [0.717, 1.165) is 6.42 Å². The summed E-state index contributed by atoms with van der Waals surface area (Å²) in [6, 6.07) is -0.570. The molecule has 0 fully saturated rings. The molecular weight excluding hydrogens is 218 g/mol. The fourth-order valence-corrected chi connectivity index (χ4v) is 1.42. The summed E-state index contributed by atoms with van der Waals surface area (Å²) in [5.74, 6) is 0.730. The highest BCUT2D eigenvalue weighted by Crippen LogP contribution is 2.31. The van der Waals surface area contributed by atoms with E-state index in [9.17, 15) is 4.79 Å². The first kappa shape index (κ1) is 13.7. The van der Waals surface area contributed by atoms with E-state index < -0.39 is 6.04 Å². The lowest BCUT2D eigenvalue weighted by Crippen LogP contribution is -2.32. The van der Waals surface area contributed by atoms with Gasteiger partial charge in [-0.15, -0.1) is 0 Å². The van der Waals surface area contributed by atoms with Crippen molar-refractivity contribution < 1.29 is 14.3 Å². The highest BCUT2D eigenvalue weighted by atomic mass is 16.6. The molecule has 1 rings (SSSR count). The minimum absolute atomic E-state index is 0.102. The lowest BCUT2D eigenvalue weighted by molar-refractivity contribution is -0.137. The lowest BCUT2D eigenvalue weighted by atomic mass is 9.88. The highest BCUT2D eigenvalue weighted by molar-refractivity contribution is 5.96. The molecule has 4 heteroatoms. The molecule has 0 aromatic rings. The van der Waals surface area contributed by atoms with Crippen molar-refractivity contribution in [2.24, 2.45) is 10.4 Å². The fraction of sp³-hybridized carbons (Fsp3) is 0.692. The largest absolute Gasteiger partial charge is 0.492 e. The first-order chi connectivity index (χ1) is 7.77. The molecule has 0 aliphatic carbocycles. The van der Waals surface area contributed by atoms with Gasteiger partial charge in [0.05, 0.1) is 5.76 Å². The van der Waals surface area contributed by atoms with Crippen LogP contribution in [-0.4, -0.2) is 24.0 Å². The van der Waals surface area contributed by atoms with Gasteiger partial charge >= 0.3 is 5.97 Å². The summed E-state index contributed by atoms with van der Waals surface area (Å²) in [6.07, 6.45) is 0.578. The van der Waals surface area contributed by atoms with Gasteiger partial charge in [-0.1, -0.05) is 27.4 Å². The molecule has 0 aromatic carbocycles. The Kier molecular flexibility index (Phi) is 3.96. The Labute approximate surface area is 103 Å². The third-order valence-corrected chi connectivity index (χ3v) is 3.22. The summed E-state index contributed by atoms with van der Waals surface area (Å²) in [7, 11) is 0. The van der Waals surface area contributed by atoms with Crippen LogP contribution in [0.4, 0.5) is 0 Å². The number of esters is 1. The van der Waals surface area contributed by atoms with Gasteiger partial charge in [0.15, 0.2) is 11.9 Å². The molecule has 1 heterocycles. The molecule has 4 nitrogen and oxygen atoms in total. The summed E-state index contributed by atoms with van der Waals surface area (Å²) >= 11 is 0. The van der Waals surface area contributed by atoms with E-state index in [1.165, 1.54) is 0 Å². The Balaban J connectivity index is 2.64. The maximum atomic E-state index is 11.5. The Morgan fingerprint density at radius 3 is 2.65 bits per heavy atom. The van der Waals surface area contributed by atoms with Gasteiger partial charge in [0, 0.05) is 12.3 Å². The average molecular weight is 239 g/mol. The van der Waals surface area contributed by atoms with Crippen LogP contribution in [0.15, 0.2) is 17.3 Å². The maximum Gasteiger partial charge on any atom is 0.341 e. The van der Waals surface area contributed by atoms with Crippen molar-refractivity contribution in [3.8, 4) is 0 Å². The fourth-order valence-electron chi connectivity index (χ4n) is 1.42. The molecular formula is C13H21NO3. The molecule has 0 radical (unpaired) electrons. The molecule has 0 saturated carbocycles. The summed E-state index contributed by atoms with van der Waals surface area (Å²) in [4.78, 5) is 15.6. The van der Waals surface area contributed by atoms with Gasteiger partial charge in [-0.05, 0) is 13.3 Å². The van der Waals surface area contributed by atoms with Crippen LogP contribution >= 0.6 is 0 Å². The molecule has 17 heavy (non-hydrogen) atoms. The van der Waals surface area contributed by atoms with Crippen LogP contribution in [-0.2, 0) is 14.3 Å². The van der Waals surface area contributed by atoms with E-state index in [2.05, 4.69) is 32.3 Å². The summed E-state index contributed by atoms with van der Waals surface area (Å²) in [5, 5.41) is 0. The Morgan fingerprint density at radius 2 is 2.24 bits per heavy atom. The van der Waals surface area contributed by atoms with Crippen LogP contribution in [0.25, 0.3) is 0 Å². The SMILES string of the molecule is C=C(OC(C)C1N=C(C)OC1=O)C(C)(C)CC. The van der Waals surface area contributed by atoms with Crippen molar-refractivity contribution >= 4 is 11.9 Å². The summed E-state index contributed by atoms with van der Waals surface area (Å²) in [5.41, 5.74) is -0.102. The van der Waals surface area contributed by atoms with Gasteiger partial charge in [0.25, 0.3) is 0 Å². The smallest absolute Gasteiger partial charge is 0.341 e. The normalized spacial score (nSPS) is 21.8. The van der Waals surface area contributed by atoms with E-state index in [1.807, 2.05) is 6.92 Å².